The molecule has 0 N–H and O–H groups in total. The van der Waals surface area contributed by atoms with Crippen LogP contribution in [-0.4, -0.2) is 97.4 Å². The van der Waals surface area contributed by atoms with Crippen molar-refractivity contribution in [2.75, 3.05) is 53.6 Å². The SMILES string of the molecule is CN(C)CCOC(=O)c1ccc2c(c1)nc(OCCOCCCCN(Cc1cc(F)c(OC(F)(F)F)c(F)c1)C(=O)OC(C)(C)C)c1ccncc12. The van der Waals surface area contributed by atoms with Gasteiger partial charge in [0.1, 0.15) is 18.8 Å². The van der Waals surface area contributed by atoms with E-state index in [-0.39, 0.29) is 45.1 Å². The number of rotatable bonds is 16. The van der Waals surface area contributed by atoms with Gasteiger partial charge in [-0.15, -0.1) is 13.2 Å². The Kier molecular flexibility index (Phi) is 13.5. The molecule has 0 aliphatic carbocycles. The Balaban J connectivity index is 1.32. The quantitative estimate of drug-likeness (QED) is 0.0503. The number of aromatic nitrogens is 2. The highest BCUT2D eigenvalue weighted by molar-refractivity contribution is 6.08. The van der Waals surface area contributed by atoms with E-state index in [4.69, 9.17) is 18.9 Å². The third-order valence-electron chi connectivity index (χ3n) is 7.30. The van der Waals surface area contributed by atoms with E-state index >= 15 is 0 Å². The lowest BCUT2D eigenvalue weighted by Crippen LogP contribution is -2.37. The van der Waals surface area contributed by atoms with Crippen LogP contribution in [0.1, 0.15) is 49.5 Å². The van der Waals surface area contributed by atoms with Crippen LogP contribution < -0.4 is 9.47 Å². The number of carbonyl (C=O) groups is 2. The third-order valence-corrected chi connectivity index (χ3v) is 7.30. The Hall–Kier alpha value is -4.83. The molecule has 4 rings (SSSR count). The number of amides is 1. The fraction of sp³-hybridized carbons (Fsp3) is 0.444. The predicted molar refractivity (Wildman–Crippen MR) is 181 cm³/mol. The summed E-state index contributed by atoms with van der Waals surface area (Å²) in [5.41, 5.74) is -0.0787. The Morgan fingerprint density at radius 2 is 1.58 bits per heavy atom. The van der Waals surface area contributed by atoms with E-state index in [1.165, 1.54) is 4.90 Å². The van der Waals surface area contributed by atoms with Gasteiger partial charge in [0, 0.05) is 54.8 Å². The number of fused-ring (bicyclic) bond motifs is 3. The van der Waals surface area contributed by atoms with Crippen molar-refractivity contribution in [2.45, 2.75) is 52.1 Å². The molecule has 0 saturated heterocycles. The second kappa shape index (κ2) is 17.6. The van der Waals surface area contributed by atoms with Crippen molar-refractivity contribution in [3.63, 3.8) is 0 Å². The number of benzene rings is 2. The van der Waals surface area contributed by atoms with Gasteiger partial charge in [0.25, 0.3) is 0 Å². The van der Waals surface area contributed by atoms with Crippen molar-refractivity contribution in [1.29, 1.82) is 0 Å². The highest BCUT2D eigenvalue weighted by Crippen LogP contribution is 2.32. The minimum Gasteiger partial charge on any atom is -0.475 e. The maximum absolute atomic E-state index is 14.3. The van der Waals surface area contributed by atoms with Crippen LogP contribution in [0.3, 0.4) is 0 Å². The number of esters is 1. The molecule has 0 aliphatic heterocycles. The number of alkyl halides is 3. The molecule has 0 fully saturated rings. The first-order valence-electron chi connectivity index (χ1n) is 16.4. The Morgan fingerprint density at radius 3 is 2.25 bits per heavy atom. The third kappa shape index (κ3) is 11.9. The summed E-state index contributed by atoms with van der Waals surface area (Å²) in [7, 11) is 3.77. The van der Waals surface area contributed by atoms with Gasteiger partial charge >= 0.3 is 18.4 Å². The Bertz CT molecular complexity index is 1830. The summed E-state index contributed by atoms with van der Waals surface area (Å²) in [5.74, 6) is -4.82. The summed E-state index contributed by atoms with van der Waals surface area (Å²) in [6.07, 6.45) is -1.84. The van der Waals surface area contributed by atoms with Gasteiger partial charge in [0.05, 0.1) is 17.7 Å². The molecule has 282 valence electrons. The lowest BCUT2D eigenvalue weighted by molar-refractivity contribution is -0.276. The second-order valence-corrected chi connectivity index (χ2v) is 13.0. The average Bonchev–Trinajstić information content (AvgIpc) is 3.05. The fourth-order valence-electron chi connectivity index (χ4n) is 4.96. The number of hydrogen-bond acceptors (Lipinski definition) is 10. The van der Waals surface area contributed by atoms with Crippen molar-refractivity contribution in [3.05, 3.63) is 71.6 Å². The topological polar surface area (TPSA) is 113 Å². The highest BCUT2D eigenvalue weighted by Gasteiger charge is 2.34. The largest absolute Gasteiger partial charge is 0.573 e. The van der Waals surface area contributed by atoms with Crippen molar-refractivity contribution < 1.29 is 55.2 Å². The molecule has 4 aromatic rings. The van der Waals surface area contributed by atoms with Crippen LogP contribution in [0.4, 0.5) is 26.7 Å². The molecular weight excluding hydrogens is 695 g/mol. The van der Waals surface area contributed by atoms with Crippen LogP contribution in [-0.2, 0) is 20.8 Å². The van der Waals surface area contributed by atoms with E-state index in [0.717, 1.165) is 16.2 Å². The maximum atomic E-state index is 14.3. The molecule has 11 nitrogen and oxygen atoms in total. The first kappa shape index (κ1) is 39.9. The van der Waals surface area contributed by atoms with E-state index in [1.54, 1.807) is 57.4 Å². The number of likely N-dealkylation sites (N-methyl/N-ethyl adjacent to an activating group) is 1. The molecule has 16 heteroatoms. The number of carbonyl (C=O) groups excluding carboxylic acids is 2. The zero-order chi connectivity index (χ0) is 38.1. The molecule has 1 amide bonds. The zero-order valence-corrected chi connectivity index (χ0v) is 29.5. The van der Waals surface area contributed by atoms with Crippen LogP contribution in [0.2, 0.25) is 0 Å². The molecule has 0 bridgehead atoms. The summed E-state index contributed by atoms with van der Waals surface area (Å²) in [4.78, 5) is 37.5. The molecule has 0 spiro atoms. The van der Waals surface area contributed by atoms with E-state index in [0.29, 0.717) is 48.5 Å². The molecule has 0 saturated carbocycles. The van der Waals surface area contributed by atoms with Gasteiger partial charge in [-0.2, -0.15) is 0 Å². The van der Waals surface area contributed by atoms with Crippen molar-refractivity contribution in [1.82, 2.24) is 19.8 Å². The molecule has 0 unspecified atom stereocenters. The van der Waals surface area contributed by atoms with E-state index in [2.05, 4.69) is 14.7 Å². The van der Waals surface area contributed by atoms with Gasteiger partial charge in [0.2, 0.25) is 11.6 Å². The van der Waals surface area contributed by atoms with E-state index in [1.807, 2.05) is 19.0 Å². The molecule has 0 aliphatic rings. The first-order valence-corrected chi connectivity index (χ1v) is 16.4. The van der Waals surface area contributed by atoms with Crippen LogP contribution in [0.15, 0.2) is 48.8 Å². The highest BCUT2D eigenvalue weighted by atomic mass is 19.4. The van der Waals surface area contributed by atoms with Gasteiger partial charge in [-0.1, -0.05) is 6.07 Å². The number of pyridine rings is 2. The molecule has 2 aromatic carbocycles. The van der Waals surface area contributed by atoms with Crippen molar-refractivity contribution in [3.8, 4) is 11.6 Å². The molecule has 0 atom stereocenters. The van der Waals surface area contributed by atoms with Gasteiger partial charge in [-0.05, 0) is 83.6 Å². The Labute approximate surface area is 297 Å². The van der Waals surface area contributed by atoms with Gasteiger partial charge in [0.15, 0.2) is 11.6 Å². The maximum Gasteiger partial charge on any atom is 0.573 e. The van der Waals surface area contributed by atoms with Crippen molar-refractivity contribution >= 4 is 33.7 Å². The number of unbranched alkanes of at least 4 members (excludes halogenated alkanes) is 1. The van der Waals surface area contributed by atoms with Gasteiger partial charge < -0.3 is 33.5 Å². The molecule has 2 heterocycles. The van der Waals surface area contributed by atoms with Gasteiger partial charge in [-0.25, -0.2) is 23.4 Å². The minimum atomic E-state index is -5.28. The van der Waals surface area contributed by atoms with Crippen molar-refractivity contribution in [2.24, 2.45) is 0 Å². The number of ether oxygens (including phenoxy) is 5. The normalized spacial score (nSPS) is 12.0. The summed E-state index contributed by atoms with van der Waals surface area (Å²) in [6, 6.07) is 8.26. The molecule has 0 radical (unpaired) electrons. The van der Waals surface area contributed by atoms with Gasteiger partial charge in [-0.3, -0.25) is 4.98 Å². The van der Waals surface area contributed by atoms with E-state index < -0.39 is 41.4 Å². The van der Waals surface area contributed by atoms with Crippen LogP contribution >= 0.6 is 0 Å². The summed E-state index contributed by atoms with van der Waals surface area (Å²) in [5, 5.41) is 2.31. The fourth-order valence-corrected chi connectivity index (χ4v) is 4.96. The van der Waals surface area contributed by atoms with Crippen LogP contribution in [0, 0.1) is 11.6 Å². The average molecular weight is 737 g/mol. The minimum absolute atomic E-state index is 0.0921. The smallest absolute Gasteiger partial charge is 0.475 e. The molecule has 2 aromatic heterocycles. The number of nitrogens with zero attached hydrogens (tertiary/aromatic N) is 4. The second-order valence-electron chi connectivity index (χ2n) is 13.0. The molecular formula is C36H41F5N4O7. The standard InChI is InChI=1S/C36H41F5N4O7/c1-35(2,3)52-34(47)45(22-23-18-28(37)31(29(38)19-23)51-36(39,40)41)12-6-7-14-48-16-17-49-32-26-10-11-42-21-27(26)25-9-8-24(20-30(25)43-32)33(46)50-15-13-44(4)5/h8-11,18-21H,6-7,12-17,22H2,1-5H3. The zero-order valence-electron chi connectivity index (χ0n) is 29.5. The summed E-state index contributed by atoms with van der Waals surface area (Å²) in [6.45, 7) is 6.20. The summed E-state index contributed by atoms with van der Waals surface area (Å²) < 4.78 is 92.2. The first-order chi connectivity index (χ1) is 24.5. The van der Waals surface area contributed by atoms with Crippen LogP contribution in [0.5, 0.6) is 11.6 Å². The van der Waals surface area contributed by atoms with Crippen LogP contribution in [0.25, 0.3) is 21.7 Å². The summed E-state index contributed by atoms with van der Waals surface area (Å²) >= 11 is 0. The lowest BCUT2D eigenvalue weighted by Gasteiger charge is -2.27. The number of hydrogen-bond donors (Lipinski definition) is 0. The molecule has 52 heavy (non-hydrogen) atoms. The Morgan fingerprint density at radius 1 is 0.846 bits per heavy atom. The monoisotopic (exact) mass is 736 g/mol. The number of halogens is 5. The van der Waals surface area contributed by atoms with E-state index in [9.17, 15) is 31.5 Å². The lowest BCUT2D eigenvalue weighted by atomic mass is 10.1. The predicted octanol–water partition coefficient (Wildman–Crippen LogP) is 7.29.